The molecule has 1 N–H and O–H groups in total. The molecule has 4 rings (SSSR count). The Morgan fingerprint density at radius 2 is 2.07 bits per heavy atom. The van der Waals surface area contributed by atoms with Crippen LogP contribution in [0.4, 0.5) is 5.95 Å². The Hall–Kier alpha value is -2.77. The summed E-state index contributed by atoms with van der Waals surface area (Å²) in [5.41, 5.74) is 1.61. The monoisotopic (exact) mass is 418 g/mol. The molecule has 1 aliphatic heterocycles. The number of nitrogens with zero attached hydrogens (tertiary/aromatic N) is 3. The predicted molar refractivity (Wildman–Crippen MR) is 105 cm³/mol. The number of amides is 1. The molecular formula is C19H16Cl2N4O3. The third-order valence-electron chi connectivity index (χ3n) is 4.46. The van der Waals surface area contributed by atoms with E-state index < -0.39 is 0 Å². The van der Waals surface area contributed by atoms with Crippen molar-refractivity contribution in [2.45, 2.75) is 19.1 Å². The first-order valence-corrected chi connectivity index (χ1v) is 9.25. The highest BCUT2D eigenvalue weighted by Gasteiger charge is 2.29. The third-order valence-corrected chi connectivity index (χ3v) is 5.11. The van der Waals surface area contributed by atoms with Gasteiger partial charge in [0.2, 0.25) is 11.9 Å². The van der Waals surface area contributed by atoms with Gasteiger partial charge in [-0.25, -0.2) is 4.68 Å². The molecule has 1 aliphatic rings. The molecule has 1 amide bonds. The number of fused-ring (bicyclic) bond motifs is 1. The van der Waals surface area contributed by atoms with E-state index in [1.54, 1.807) is 22.9 Å². The van der Waals surface area contributed by atoms with Crippen LogP contribution >= 0.6 is 23.2 Å². The second-order valence-corrected chi connectivity index (χ2v) is 7.02. The van der Waals surface area contributed by atoms with Crippen LogP contribution in [-0.2, 0) is 11.4 Å². The second kappa shape index (κ2) is 7.69. The molecule has 3 aromatic rings. The molecule has 2 aromatic carbocycles. The Morgan fingerprint density at radius 1 is 1.25 bits per heavy atom. The zero-order chi connectivity index (χ0) is 19.7. The van der Waals surface area contributed by atoms with Crippen molar-refractivity contribution in [2.24, 2.45) is 0 Å². The summed E-state index contributed by atoms with van der Waals surface area (Å²) in [6.07, 6.45) is 1.61. The number of rotatable bonds is 5. The molecule has 9 heteroatoms. The summed E-state index contributed by atoms with van der Waals surface area (Å²) in [6, 6.07) is 10.6. The minimum atomic E-state index is -0.338. The number of carbonyl (C=O) groups is 1. The van der Waals surface area contributed by atoms with Gasteiger partial charge in [0.05, 0.1) is 24.6 Å². The molecule has 0 saturated carbocycles. The van der Waals surface area contributed by atoms with Crippen molar-refractivity contribution < 1.29 is 14.3 Å². The summed E-state index contributed by atoms with van der Waals surface area (Å²) in [6.45, 7) is 0.244. The summed E-state index contributed by atoms with van der Waals surface area (Å²) >= 11 is 12.7. The maximum absolute atomic E-state index is 12.0. The highest BCUT2D eigenvalue weighted by atomic mass is 35.5. The van der Waals surface area contributed by atoms with E-state index in [1.165, 1.54) is 13.4 Å². The quantitative estimate of drug-likeness (QED) is 0.674. The number of benzene rings is 2. The maximum atomic E-state index is 12.0. The summed E-state index contributed by atoms with van der Waals surface area (Å²) in [4.78, 5) is 16.1. The maximum Gasteiger partial charge on any atom is 0.229 e. The minimum Gasteiger partial charge on any atom is -0.493 e. The third kappa shape index (κ3) is 3.50. The SMILES string of the molecule is COc1cc([C@@H]2CC(=O)Nc3ncnn32)cc(Cl)c1OCc1ccccc1Cl. The summed E-state index contributed by atoms with van der Waals surface area (Å²) in [7, 11) is 1.53. The van der Waals surface area contributed by atoms with Gasteiger partial charge in [0.15, 0.2) is 11.5 Å². The van der Waals surface area contributed by atoms with Gasteiger partial charge >= 0.3 is 0 Å². The lowest BCUT2D eigenvalue weighted by molar-refractivity contribution is -0.117. The van der Waals surface area contributed by atoms with Gasteiger partial charge < -0.3 is 9.47 Å². The Bertz CT molecular complexity index is 1040. The van der Waals surface area contributed by atoms with Gasteiger partial charge in [-0.1, -0.05) is 41.4 Å². The van der Waals surface area contributed by atoms with Crippen LogP contribution in [-0.4, -0.2) is 27.8 Å². The standard InChI is InChI=1S/C19H16Cl2N4O3/c1-27-16-7-12(15-8-17(26)24-19-22-10-23-25(15)19)6-14(21)18(16)28-9-11-4-2-3-5-13(11)20/h2-7,10,15H,8-9H2,1H3,(H,22,23,24,26)/t15-/m0/s1. The fourth-order valence-corrected chi connectivity index (χ4v) is 3.57. The second-order valence-electron chi connectivity index (χ2n) is 6.21. The van der Waals surface area contributed by atoms with Crippen LogP contribution in [0.25, 0.3) is 0 Å². The molecule has 0 unspecified atom stereocenters. The Morgan fingerprint density at radius 3 is 2.86 bits per heavy atom. The van der Waals surface area contributed by atoms with Gasteiger partial charge in [-0.05, 0) is 23.8 Å². The number of carbonyl (C=O) groups excluding carboxylic acids is 1. The molecule has 7 nitrogen and oxygen atoms in total. The van der Waals surface area contributed by atoms with Crippen LogP contribution in [0.2, 0.25) is 10.0 Å². The van der Waals surface area contributed by atoms with Crippen molar-refractivity contribution in [3.63, 3.8) is 0 Å². The first kappa shape index (κ1) is 18.6. The molecule has 1 atom stereocenters. The van der Waals surface area contributed by atoms with E-state index >= 15 is 0 Å². The van der Waals surface area contributed by atoms with Crippen molar-refractivity contribution in [1.29, 1.82) is 0 Å². The molecule has 2 heterocycles. The van der Waals surface area contributed by atoms with Crippen molar-refractivity contribution in [3.05, 3.63) is 63.9 Å². The number of hydrogen-bond donors (Lipinski definition) is 1. The fourth-order valence-electron chi connectivity index (χ4n) is 3.10. The number of ether oxygens (including phenoxy) is 2. The Labute approximate surface area is 171 Å². The van der Waals surface area contributed by atoms with Gasteiger partial charge in [0.1, 0.15) is 12.9 Å². The van der Waals surface area contributed by atoms with Gasteiger partial charge in [-0.15, -0.1) is 0 Å². The van der Waals surface area contributed by atoms with Crippen molar-refractivity contribution >= 4 is 35.1 Å². The van der Waals surface area contributed by atoms with E-state index in [4.69, 9.17) is 32.7 Å². The average molecular weight is 419 g/mol. The van der Waals surface area contributed by atoms with Crippen LogP contribution < -0.4 is 14.8 Å². The molecule has 0 spiro atoms. The highest BCUT2D eigenvalue weighted by Crippen LogP contribution is 2.41. The van der Waals surface area contributed by atoms with Gasteiger partial charge in [-0.2, -0.15) is 10.1 Å². The number of methoxy groups -OCH3 is 1. The van der Waals surface area contributed by atoms with E-state index in [0.717, 1.165) is 11.1 Å². The van der Waals surface area contributed by atoms with Gasteiger partial charge in [0, 0.05) is 10.6 Å². The molecule has 0 saturated heterocycles. The van der Waals surface area contributed by atoms with Crippen molar-refractivity contribution in [2.75, 3.05) is 12.4 Å². The topological polar surface area (TPSA) is 78.3 Å². The lowest BCUT2D eigenvalue weighted by atomic mass is 10.0. The van der Waals surface area contributed by atoms with Gasteiger partial charge in [0.25, 0.3) is 0 Å². The van der Waals surface area contributed by atoms with Crippen LogP contribution in [0, 0.1) is 0 Å². The van der Waals surface area contributed by atoms with Gasteiger partial charge in [-0.3, -0.25) is 10.1 Å². The molecule has 144 valence electrons. The average Bonchev–Trinajstić information content (AvgIpc) is 3.15. The Balaban J connectivity index is 1.65. The van der Waals surface area contributed by atoms with E-state index in [-0.39, 0.29) is 25.0 Å². The molecule has 0 radical (unpaired) electrons. The van der Waals surface area contributed by atoms with Crippen molar-refractivity contribution in [1.82, 2.24) is 14.8 Å². The molecule has 0 aliphatic carbocycles. The summed E-state index contributed by atoms with van der Waals surface area (Å²) in [5, 5.41) is 7.87. The zero-order valence-corrected chi connectivity index (χ0v) is 16.4. The van der Waals surface area contributed by atoms with E-state index in [0.29, 0.717) is 27.5 Å². The molecule has 1 aromatic heterocycles. The fraction of sp³-hybridized carbons (Fsp3) is 0.211. The Kier molecular flexibility index (Phi) is 5.11. The van der Waals surface area contributed by atoms with Crippen LogP contribution in [0.15, 0.2) is 42.7 Å². The van der Waals surface area contributed by atoms with Crippen LogP contribution in [0.5, 0.6) is 11.5 Å². The molecule has 28 heavy (non-hydrogen) atoms. The van der Waals surface area contributed by atoms with Crippen LogP contribution in [0.1, 0.15) is 23.6 Å². The van der Waals surface area contributed by atoms with E-state index in [1.807, 2.05) is 18.2 Å². The molecule has 0 bridgehead atoms. The van der Waals surface area contributed by atoms with Crippen LogP contribution in [0.3, 0.4) is 0 Å². The minimum absolute atomic E-state index is 0.139. The number of halogens is 2. The highest BCUT2D eigenvalue weighted by molar-refractivity contribution is 6.32. The van der Waals surface area contributed by atoms with Crippen molar-refractivity contribution in [3.8, 4) is 11.5 Å². The normalized spacial score (nSPS) is 15.7. The molecule has 0 fully saturated rings. The largest absolute Gasteiger partial charge is 0.493 e. The number of nitrogens with one attached hydrogen (secondary N) is 1. The van der Waals surface area contributed by atoms with E-state index in [9.17, 15) is 4.79 Å². The predicted octanol–water partition coefficient (Wildman–Crippen LogP) is 4.10. The number of anilines is 1. The lowest BCUT2D eigenvalue weighted by Gasteiger charge is -2.25. The summed E-state index contributed by atoms with van der Waals surface area (Å²) in [5.74, 6) is 1.13. The first-order valence-electron chi connectivity index (χ1n) is 8.50. The smallest absolute Gasteiger partial charge is 0.229 e. The summed E-state index contributed by atoms with van der Waals surface area (Å²) < 4.78 is 13.0. The lowest BCUT2D eigenvalue weighted by Crippen LogP contribution is -2.29. The number of aromatic nitrogens is 3. The first-order chi connectivity index (χ1) is 13.6. The van der Waals surface area contributed by atoms with E-state index in [2.05, 4.69) is 15.4 Å². The molecular weight excluding hydrogens is 403 g/mol. The zero-order valence-electron chi connectivity index (χ0n) is 14.9. The number of hydrogen-bond acceptors (Lipinski definition) is 5.